The van der Waals surface area contributed by atoms with Gasteiger partial charge in [-0.3, -0.25) is 0 Å². The molecule has 1 atom stereocenters. The Hall–Kier alpha value is -0.240. The van der Waals surface area contributed by atoms with Crippen LogP contribution in [0.2, 0.25) is 0 Å². The minimum absolute atomic E-state index is 0.301. The van der Waals surface area contributed by atoms with Crippen molar-refractivity contribution in [2.24, 2.45) is 0 Å². The molecule has 0 saturated carbocycles. The fraction of sp³-hybridized carbons (Fsp3) is 0.500. The summed E-state index contributed by atoms with van der Waals surface area (Å²) in [5.74, 6) is 0.855. The molecule has 0 radical (unpaired) electrons. The molecule has 106 valence electrons. The maximum Gasteiger partial charge on any atom is 0.243 e. The van der Waals surface area contributed by atoms with Gasteiger partial charge in [0.1, 0.15) is 0 Å². The van der Waals surface area contributed by atoms with Crippen LogP contribution in [-0.2, 0) is 10.0 Å². The van der Waals surface area contributed by atoms with Crippen LogP contribution in [0, 0.1) is 0 Å². The maximum atomic E-state index is 12.6. The van der Waals surface area contributed by atoms with Crippen molar-refractivity contribution in [2.45, 2.75) is 23.5 Å². The van der Waals surface area contributed by atoms with Crippen molar-refractivity contribution >= 4 is 43.4 Å². The summed E-state index contributed by atoms with van der Waals surface area (Å²) in [7, 11) is -3.41. The van der Waals surface area contributed by atoms with E-state index in [1.807, 2.05) is 11.8 Å². The minimum Gasteiger partial charge on any atom is -0.398 e. The third-order valence-electron chi connectivity index (χ3n) is 3.17. The van der Waals surface area contributed by atoms with E-state index in [2.05, 4.69) is 22.9 Å². The molecule has 1 heterocycles. The molecule has 1 unspecified atom stereocenters. The Balaban J connectivity index is 2.28. The lowest BCUT2D eigenvalue weighted by atomic mass is 10.3. The number of halogens is 1. The summed E-state index contributed by atoms with van der Waals surface area (Å²) in [5, 5.41) is 0.390. The number of hydrogen-bond acceptors (Lipinski definition) is 4. The summed E-state index contributed by atoms with van der Waals surface area (Å²) in [6, 6.07) is 4.76. The Kier molecular flexibility index (Phi) is 4.81. The van der Waals surface area contributed by atoms with Gasteiger partial charge in [-0.25, -0.2) is 8.42 Å². The van der Waals surface area contributed by atoms with E-state index in [0.717, 1.165) is 12.2 Å². The average molecular weight is 365 g/mol. The number of anilines is 1. The predicted octanol–water partition coefficient (Wildman–Crippen LogP) is 2.55. The normalized spacial score (nSPS) is 21.5. The molecule has 1 aliphatic heterocycles. The maximum absolute atomic E-state index is 12.6. The number of rotatable bonds is 3. The smallest absolute Gasteiger partial charge is 0.243 e. The van der Waals surface area contributed by atoms with Crippen LogP contribution in [0.1, 0.15) is 13.3 Å². The second-order valence-electron chi connectivity index (χ2n) is 4.45. The van der Waals surface area contributed by atoms with E-state index in [-0.39, 0.29) is 0 Å². The topological polar surface area (TPSA) is 63.4 Å². The van der Waals surface area contributed by atoms with E-state index < -0.39 is 10.0 Å². The van der Waals surface area contributed by atoms with E-state index in [0.29, 0.717) is 33.4 Å². The number of nitrogens with two attached hydrogens (primary N) is 1. The van der Waals surface area contributed by atoms with E-state index >= 15 is 0 Å². The molecule has 19 heavy (non-hydrogen) atoms. The molecule has 0 aliphatic carbocycles. The van der Waals surface area contributed by atoms with Gasteiger partial charge in [0.15, 0.2) is 0 Å². The summed E-state index contributed by atoms with van der Waals surface area (Å²) in [5.41, 5.74) is 6.24. The minimum atomic E-state index is -3.41. The van der Waals surface area contributed by atoms with Crippen LogP contribution in [0.3, 0.4) is 0 Å². The average Bonchev–Trinajstić information content (AvgIpc) is 2.41. The number of hydrogen-bond donors (Lipinski definition) is 1. The molecule has 1 aromatic carbocycles. The van der Waals surface area contributed by atoms with Crippen LogP contribution in [0.25, 0.3) is 0 Å². The van der Waals surface area contributed by atoms with Crippen molar-refractivity contribution < 1.29 is 8.42 Å². The van der Waals surface area contributed by atoms with Gasteiger partial charge in [-0.15, -0.1) is 0 Å². The van der Waals surface area contributed by atoms with Crippen molar-refractivity contribution in [1.82, 2.24) is 4.31 Å². The number of sulfonamides is 1. The van der Waals surface area contributed by atoms with Gasteiger partial charge in [-0.1, -0.05) is 6.92 Å². The Morgan fingerprint density at radius 3 is 2.89 bits per heavy atom. The van der Waals surface area contributed by atoms with Crippen molar-refractivity contribution in [3.63, 3.8) is 0 Å². The van der Waals surface area contributed by atoms with Gasteiger partial charge in [-0.2, -0.15) is 16.1 Å². The van der Waals surface area contributed by atoms with Crippen LogP contribution in [0.15, 0.2) is 27.6 Å². The lowest BCUT2D eigenvalue weighted by Gasteiger charge is -2.31. The summed E-state index contributed by atoms with van der Waals surface area (Å²) in [6.07, 6.45) is 0.988. The van der Waals surface area contributed by atoms with E-state index in [1.54, 1.807) is 22.5 Å². The van der Waals surface area contributed by atoms with Crippen molar-refractivity contribution in [2.75, 3.05) is 24.6 Å². The SMILES string of the molecule is CCC1CN(S(=O)(=O)c2ccc(N)c(Br)c2)CCS1. The largest absolute Gasteiger partial charge is 0.398 e. The Morgan fingerprint density at radius 2 is 2.26 bits per heavy atom. The molecule has 0 spiro atoms. The van der Waals surface area contributed by atoms with Gasteiger partial charge in [0.25, 0.3) is 0 Å². The first-order chi connectivity index (χ1) is 8.95. The fourth-order valence-electron chi connectivity index (χ4n) is 1.97. The highest BCUT2D eigenvalue weighted by Gasteiger charge is 2.30. The van der Waals surface area contributed by atoms with Crippen LogP contribution in [-0.4, -0.2) is 36.8 Å². The number of thioether (sulfide) groups is 1. The predicted molar refractivity (Wildman–Crippen MR) is 83.9 cm³/mol. The van der Waals surface area contributed by atoms with Crippen molar-refractivity contribution in [3.05, 3.63) is 22.7 Å². The lowest BCUT2D eigenvalue weighted by molar-refractivity contribution is 0.416. The lowest BCUT2D eigenvalue weighted by Crippen LogP contribution is -2.41. The fourth-order valence-corrected chi connectivity index (χ4v) is 5.41. The second kappa shape index (κ2) is 6.03. The molecule has 4 nitrogen and oxygen atoms in total. The number of benzene rings is 1. The molecular formula is C12H17BrN2O2S2. The molecule has 0 aromatic heterocycles. The molecule has 0 amide bonds. The molecule has 7 heteroatoms. The molecule has 0 bridgehead atoms. The van der Waals surface area contributed by atoms with Crippen LogP contribution < -0.4 is 5.73 Å². The Labute approximate surface area is 126 Å². The zero-order valence-electron chi connectivity index (χ0n) is 10.7. The summed E-state index contributed by atoms with van der Waals surface area (Å²) in [6.45, 7) is 3.25. The first-order valence-corrected chi connectivity index (χ1v) is 9.40. The van der Waals surface area contributed by atoms with Gasteiger partial charge >= 0.3 is 0 Å². The van der Waals surface area contributed by atoms with Gasteiger partial charge < -0.3 is 5.73 Å². The van der Waals surface area contributed by atoms with Crippen LogP contribution in [0.4, 0.5) is 5.69 Å². The molecule has 1 aromatic rings. The molecule has 1 saturated heterocycles. The third kappa shape index (κ3) is 3.26. The zero-order valence-corrected chi connectivity index (χ0v) is 13.9. The van der Waals surface area contributed by atoms with Gasteiger partial charge in [-0.05, 0) is 40.5 Å². The number of nitrogens with zero attached hydrogens (tertiary/aromatic N) is 1. The van der Waals surface area contributed by atoms with E-state index in [9.17, 15) is 8.42 Å². The quantitative estimate of drug-likeness (QED) is 0.837. The Morgan fingerprint density at radius 1 is 1.53 bits per heavy atom. The molecule has 2 N–H and O–H groups in total. The standard InChI is InChI=1S/C12H17BrN2O2S2/c1-2-9-8-15(5-6-18-9)19(16,17)10-3-4-12(14)11(13)7-10/h3-4,7,9H,2,5-6,8,14H2,1H3. The zero-order chi connectivity index (χ0) is 14.0. The Bertz CT molecular complexity index is 563. The van der Waals surface area contributed by atoms with E-state index in [1.165, 1.54) is 0 Å². The summed E-state index contributed by atoms with van der Waals surface area (Å²) >= 11 is 5.12. The molecule has 1 aliphatic rings. The molecule has 2 rings (SSSR count). The monoisotopic (exact) mass is 364 g/mol. The highest BCUT2D eigenvalue weighted by atomic mass is 79.9. The summed E-state index contributed by atoms with van der Waals surface area (Å²) < 4.78 is 27.3. The van der Waals surface area contributed by atoms with Gasteiger partial charge in [0.05, 0.1) is 4.90 Å². The first-order valence-electron chi connectivity index (χ1n) is 6.12. The third-order valence-corrected chi connectivity index (χ3v) is 7.09. The van der Waals surface area contributed by atoms with Crippen LogP contribution in [0.5, 0.6) is 0 Å². The first kappa shape index (κ1) is 15.2. The molecular weight excluding hydrogens is 348 g/mol. The van der Waals surface area contributed by atoms with E-state index in [4.69, 9.17) is 5.73 Å². The van der Waals surface area contributed by atoms with Crippen molar-refractivity contribution in [1.29, 1.82) is 0 Å². The number of nitrogen functional groups attached to an aromatic ring is 1. The van der Waals surface area contributed by atoms with Crippen molar-refractivity contribution in [3.8, 4) is 0 Å². The van der Waals surface area contributed by atoms with Crippen LogP contribution >= 0.6 is 27.7 Å². The molecule has 1 fully saturated rings. The van der Waals surface area contributed by atoms with Gasteiger partial charge in [0.2, 0.25) is 10.0 Å². The summed E-state index contributed by atoms with van der Waals surface area (Å²) in [4.78, 5) is 0.301. The highest BCUT2D eigenvalue weighted by Crippen LogP contribution is 2.29. The van der Waals surface area contributed by atoms with Gasteiger partial charge in [0, 0.05) is 34.3 Å². The highest BCUT2D eigenvalue weighted by molar-refractivity contribution is 9.10. The second-order valence-corrected chi connectivity index (χ2v) is 8.65.